The van der Waals surface area contributed by atoms with Gasteiger partial charge in [-0.3, -0.25) is 0 Å². The summed E-state index contributed by atoms with van der Waals surface area (Å²) in [6.45, 7) is 2.26. The summed E-state index contributed by atoms with van der Waals surface area (Å²) in [5.74, 6) is 0. The first-order valence-electron chi connectivity index (χ1n) is 7.11. The molecule has 0 bridgehead atoms. The number of nitrogens with zero attached hydrogens (tertiary/aromatic N) is 1. The van der Waals surface area contributed by atoms with E-state index in [9.17, 15) is 8.42 Å². The lowest BCUT2D eigenvalue weighted by atomic mass is 10.0. The van der Waals surface area contributed by atoms with Crippen LogP contribution in [0.15, 0.2) is 50.3 Å². The number of thiophene rings is 1. The minimum absolute atomic E-state index is 0.238. The molecule has 3 rings (SSSR count). The van der Waals surface area contributed by atoms with Crippen molar-refractivity contribution in [3.63, 3.8) is 0 Å². The van der Waals surface area contributed by atoms with E-state index in [1.165, 1.54) is 6.20 Å². The average Bonchev–Trinajstić information content (AvgIpc) is 3.25. The van der Waals surface area contributed by atoms with E-state index in [1.54, 1.807) is 23.5 Å². The molecular weight excluding hydrogens is 348 g/mol. The third-order valence-corrected chi connectivity index (χ3v) is 7.41. The van der Waals surface area contributed by atoms with Crippen LogP contribution in [0.4, 0.5) is 0 Å². The number of hydrogen-bond acceptors (Lipinski definition) is 6. The maximum absolute atomic E-state index is 12.9. The molecule has 7 heteroatoms. The fourth-order valence-electron chi connectivity index (χ4n) is 2.24. The number of sulfone groups is 1. The van der Waals surface area contributed by atoms with E-state index in [0.29, 0.717) is 9.90 Å². The van der Waals surface area contributed by atoms with Crippen molar-refractivity contribution < 1.29 is 8.42 Å². The smallest absolute Gasteiger partial charge is 0.217 e. The fraction of sp³-hybridized carbons (Fsp3) is 0.188. The molecule has 0 atom stereocenters. The third-order valence-electron chi connectivity index (χ3n) is 3.51. The highest BCUT2D eigenvalue weighted by atomic mass is 32.2. The molecule has 0 aliphatic rings. The second-order valence-corrected chi connectivity index (χ2v) is 9.08. The van der Waals surface area contributed by atoms with Crippen molar-refractivity contribution in [3.05, 3.63) is 51.8 Å². The van der Waals surface area contributed by atoms with Crippen molar-refractivity contribution in [3.8, 4) is 11.1 Å². The molecule has 0 aliphatic heterocycles. The first-order valence-corrected chi connectivity index (χ1v) is 10.3. The van der Waals surface area contributed by atoms with Crippen molar-refractivity contribution in [1.82, 2.24) is 4.98 Å². The van der Waals surface area contributed by atoms with Crippen LogP contribution in [0.25, 0.3) is 11.1 Å². The number of thiazole rings is 1. The summed E-state index contributed by atoms with van der Waals surface area (Å²) in [5, 5.41) is 4.62. The Hall–Kier alpha value is -1.54. The Balaban J connectivity index is 2.13. The van der Waals surface area contributed by atoms with Crippen LogP contribution in [-0.2, 0) is 22.8 Å². The lowest BCUT2D eigenvalue weighted by Gasteiger charge is -2.08. The molecule has 2 heterocycles. The van der Waals surface area contributed by atoms with Gasteiger partial charge in [-0.05, 0) is 52.1 Å². The minimum Gasteiger partial charge on any atom is -0.325 e. The predicted molar refractivity (Wildman–Crippen MR) is 94.6 cm³/mol. The van der Waals surface area contributed by atoms with Crippen LogP contribution in [-0.4, -0.2) is 13.4 Å². The van der Waals surface area contributed by atoms with Crippen molar-refractivity contribution >= 4 is 32.5 Å². The first kappa shape index (κ1) is 16.3. The molecule has 0 amide bonds. The Labute approximate surface area is 143 Å². The average molecular weight is 365 g/mol. The van der Waals surface area contributed by atoms with Gasteiger partial charge in [-0.25, -0.2) is 13.4 Å². The molecule has 0 unspecified atom stereocenters. The molecule has 0 aliphatic carbocycles. The lowest BCUT2D eigenvalue weighted by molar-refractivity contribution is 0.598. The first-order chi connectivity index (χ1) is 11.0. The Bertz CT molecular complexity index is 913. The number of hydrogen-bond donors (Lipinski definition) is 1. The van der Waals surface area contributed by atoms with E-state index in [4.69, 9.17) is 5.73 Å². The zero-order valence-electron chi connectivity index (χ0n) is 12.5. The Morgan fingerprint density at radius 2 is 2.04 bits per heavy atom. The van der Waals surface area contributed by atoms with E-state index in [0.717, 1.165) is 34.4 Å². The van der Waals surface area contributed by atoms with Crippen LogP contribution in [0, 0.1) is 0 Å². The largest absolute Gasteiger partial charge is 0.325 e. The van der Waals surface area contributed by atoms with Gasteiger partial charge >= 0.3 is 0 Å². The molecule has 120 valence electrons. The minimum atomic E-state index is -3.57. The molecule has 0 saturated heterocycles. The van der Waals surface area contributed by atoms with E-state index in [1.807, 2.05) is 29.8 Å². The molecule has 23 heavy (non-hydrogen) atoms. The van der Waals surface area contributed by atoms with Gasteiger partial charge in [0.25, 0.3) is 0 Å². The number of benzene rings is 1. The van der Waals surface area contributed by atoms with Crippen molar-refractivity contribution in [2.24, 2.45) is 5.73 Å². The zero-order valence-corrected chi connectivity index (χ0v) is 15.0. The number of aryl methyl sites for hydroxylation is 1. The van der Waals surface area contributed by atoms with Crippen molar-refractivity contribution in [1.29, 1.82) is 0 Å². The maximum atomic E-state index is 12.9. The number of aromatic nitrogens is 1. The Morgan fingerprint density at radius 1 is 1.22 bits per heavy atom. The van der Waals surface area contributed by atoms with E-state index in [-0.39, 0.29) is 10.8 Å². The summed E-state index contributed by atoms with van der Waals surface area (Å²) >= 11 is 2.72. The second-order valence-electron chi connectivity index (χ2n) is 5.01. The van der Waals surface area contributed by atoms with Gasteiger partial charge in [-0.1, -0.05) is 13.0 Å². The third kappa shape index (κ3) is 3.23. The lowest BCUT2D eigenvalue weighted by Crippen LogP contribution is -2.01. The Kier molecular flexibility index (Phi) is 4.63. The summed E-state index contributed by atoms with van der Waals surface area (Å²) in [4.78, 5) is 4.37. The topological polar surface area (TPSA) is 73.0 Å². The summed E-state index contributed by atoms with van der Waals surface area (Å²) in [5.41, 5.74) is 8.49. The standard InChI is InChI=1S/C16H16N2O2S3/c1-2-11-5-13(12-3-4-21-10-12)7-14(6-11)23(19,20)16-9-18-15(8-17)22-16/h3-7,9-10H,2,8,17H2,1H3. The van der Waals surface area contributed by atoms with E-state index in [2.05, 4.69) is 4.98 Å². The van der Waals surface area contributed by atoms with Gasteiger partial charge in [0.05, 0.1) is 11.1 Å². The maximum Gasteiger partial charge on any atom is 0.217 e. The second kappa shape index (κ2) is 6.52. The molecule has 0 spiro atoms. The molecule has 0 fully saturated rings. The van der Waals surface area contributed by atoms with Gasteiger partial charge < -0.3 is 5.73 Å². The number of nitrogens with two attached hydrogens (primary N) is 1. The quantitative estimate of drug-likeness (QED) is 0.749. The Morgan fingerprint density at radius 3 is 2.65 bits per heavy atom. The predicted octanol–water partition coefficient (Wildman–Crippen LogP) is 3.73. The molecule has 2 aromatic heterocycles. The van der Waals surface area contributed by atoms with Crippen LogP contribution < -0.4 is 5.73 Å². The summed E-state index contributed by atoms with van der Waals surface area (Å²) in [6.07, 6.45) is 2.17. The van der Waals surface area contributed by atoms with Gasteiger partial charge in [0.1, 0.15) is 9.22 Å². The van der Waals surface area contributed by atoms with Crippen LogP contribution >= 0.6 is 22.7 Å². The normalized spacial score (nSPS) is 11.7. The molecule has 0 radical (unpaired) electrons. The molecule has 4 nitrogen and oxygen atoms in total. The van der Waals surface area contributed by atoms with Gasteiger partial charge in [-0.2, -0.15) is 11.3 Å². The van der Waals surface area contributed by atoms with E-state index >= 15 is 0 Å². The number of rotatable bonds is 5. The van der Waals surface area contributed by atoms with Crippen LogP contribution in [0.3, 0.4) is 0 Å². The fourth-order valence-corrected chi connectivity index (χ4v) is 5.46. The highest BCUT2D eigenvalue weighted by Gasteiger charge is 2.22. The SMILES string of the molecule is CCc1cc(-c2ccsc2)cc(S(=O)(=O)c2cnc(CN)s2)c1. The summed E-state index contributed by atoms with van der Waals surface area (Å²) in [6, 6.07) is 7.51. The van der Waals surface area contributed by atoms with Crippen molar-refractivity contribution in [2.45, 2.75) is 29.0 Å². The van der Waals surface area contributed by atoms with Gasteiger partial charge in [0.2, 0.25) is 9.84 Å². The summed E-state index contributed by atoms with van der Waals surface area (Å²) in [7, 11) is -3.57. The highest BCUT2D eigenvalue weighted by Crippen LogP contribution is 2.31. The van der Waals surface area contributed by atoms with Crippen LogP contribution in [0.1, 0.15) is 17.5 Å². The van der Waals surface area contributed by atoms with E-state index < -0.39 is 9.84 Å². The van der Waals surface area contributed by atoms with Gasteiger partial charge in [0.15, 0.2) is 0 Å². The molecule has 0 saturated carbocycles. The van der Waals surface area contributed by atoms with Gasteiger partial charge in [0, 0.05) is 6.54 Å². The molecular formula is C16H16N2O2S3. The van der Waals surface area contributed by atoms with Crippen LogP contribution in [0.5, 0.6) is 0 Å². The molecule has 2 N–H and O–H groups in total. The monoisotopic (exact) mass is 364 g/mol. The van der Waals surface area contributed by atoms with Crippen molar-refractivity contribution in [2.75, 3.05) is 0 Å². The van der Waals surface area contributed by atoms with Gasteiger partial charge in [-0.15, -0.1) is 11.3 Å². The van der Waals surface area contributed by atoms with Crippen LogP contribution in [0.2, 0.25) is 0 Å². The summed E-state index contributed by atoms with van der Waals surface area (Å²) < 4.78 is 26.0. The highest BCUT2D eigenvalue weighted by molar-refractivity contribution is 7.93. The molecule has 3 aromatic rings. The molecule has 1 aromatic carbocycles. The zero-order chi connectivity index (χ0) is 16.4.